The van der Waals surface area contributed by atoms with Gasteiger partial charge in [-0.25, -0.2) is 0 Å². The molecule has 2 aromatic rings. The predicted octanol–water partition coefficient (Wildman–Crippen LogP) is 2.78. The first-order chi connectivity index (χ1) is 9.22. The second-order valence-electron chi connectivity index (χ2n) is 4.18. The van der Waals surface area contributed by atoms with Gasteiger partial charge in [-0.15, -0.1) is 0 Å². The number of aryl methyl sites for hydroxylation is 1. The van der Waals surface area contributed by atoms with Crippen LogP contribution in [0.15, 0.2) is 22.7 Å². The van der Waals surface area contributed by atoms with Crippen LogP contribution in [-0.2, 0) is 19.6 Å². The summed E-state index contributed by atoms with van der Waals surface area (Å²) >= 11 is 6.06. The van der Waals surface area contributed by atoms with E-state index in [9.17, 15) is 0 Å². The zero-order chi connectivity index (χ0) is 13.7. The molecule has 5 nitrogen and oxygen atoms in total. The maximum Gasteiger partial charge on any atom is 0.245 e. The fourth-order valence-corrected chi connectivity index (χ4v) is 1.85. The molecule has 0 atom stereocenters. The number of hydrogen-bond acceptors (Lipinski definition) is 5. The maximum absolute atomic E-state index is 9.09. The number of aromatic nitrogens is 2. The van der Waals surface area contributed by atoms with E-state index in [-0.39, 0.29) is 6.61 Å². The average molecular weight is 282 g/mol. The lowest BCUT2D eigenvalue weighted by atomic mass is 10.2. The molecular formula is C13H16ClN3O2. The topological polar surface area (TPSA) is 71.2 Å². The van der Waals surface area contributed by atoms with E-state index in [0.717, 1.165) is 29.9 Å². The number of nitrogens with zero attached hydrogens (tertiary/aromatic N) is 2. The van der Waals surface area contributed by atoms with Crippen molar-refractivity contribution in [3.8, 4) is 0 Å². The van der Waals surface area contributed by atoms with Crippen LogP contribution < -0.4 is 5.32 Å². The van der Waals surface area contributed by atoms with Crippen LogP contribution in [0.1, 0.15) is 30.6 Å². The molecule has 0 saturated heterocycles. The minimum absolute atomic E-state index is 0.0208. The largest absolute Gasteiger partial charge is 0.392 e. The summed E-state index contributed by atoms with van der Waals surface area (Å²) in [6.07, 6.45) is 1.79. The summed E-state index contributed by atoms with van der Waals surface area (Å²) < 4.78 is 5.12. The minimum atomic E-state index is -0.0208. The maximum atomic E-state index is 9.09. The Labute approximate surface area is 116 Å². The molecule has 2 N–H and O–H groups in total. The van der Waals surface area contributed by atoms with Gasteiger partial charge >= 0.3 is 0 Å². The monoisotopic (exact) mass is 281 g/mol. The molecule has 0 unspecified atom stereocenters. The molecule has 1 heterocycles. The van der Waals surface area contributed by atoms with Gasteiger partial charge in [0.2, 0.25) is 5.89 Å². The predicted molar refractivity (Wildman–Crippen MR) is 73.0 cm³/mol. The highest BCUT2D eigenvalue weighted by Crippen LogP contribution is 2.23. The van der Waals surface area contributed by atoms with Gasteiger partial charge in [-0.3, -0.25) is 0 Å². The highest BCUT2D eigenvalue weighted by atomic mass is 35.5. The Morgan fingerprint density at radius 1 is 1.42 bits per heavy atom. The smallest absolute Gasteiger partial charge is 0.245 e. The molecular weight excluding hydrogens is 266 g/mol. The number of halogens is 1. The van der Waals surface area contributed by atoms with Crippen molar-refractivity contribution < 1.29 is 9.63 Å². The molecule has 0 aliphatic carbocycles. The van der Waals surface area contributed by atoms with E-state index in [2.05, 4.69) is 22.4 Å². The summed E-state index contributed by atoms with van der Waals surface area (Å²) in [5, 5.41) is 16.7. The van der Waals surface area contributed by atoms with E-state index in [1.165, 1.54) is 0 Å². The molecule has 0 saturated carbocycles. The van der Waals surface area contributed by atoms with Gasteiger partial charge in [0.15, 0.2) is 5.82 Å². The standard InChI is InChI=1S/C13H16ClN3O2/c1-2-3-12-16-13(19-17-12)7-15-11-6-9(8-18)4-5-10(11)14/h4-6,15,18H,2-3,7-8H2,1H3. The normalized spacial score (nSPS) is 10.7. The highest BCUT2D eigenvalue weighted by molar-refractivity contribution is 6.33. The SMILES string of the molecule is CCCc1noc(CNc2cc(CO)ccc2Cl)n1. The summed E-state index contributed by atoms with van der Waals surface area (Å²) in [6, 6.07) is 5.32. The van der Waals surface area contributed by atoms with Crippen LogP contribution in [0.2, 0.25) is 5.02 Å². The van der Waals surface area contributed by atoms with E-state index < -0.39 is 0 Å². The average Bonchev–Trinajstić information content (AvgIpc) is 2.86. The lowest BCUT2D eigenvalue weighted by Crippen LogP contribution is -2.01. The molecule has 6 heteroatoms. The first kappa shape index (κ1) is 13.8. The Morgan fingerprint density at radius 3 is 3.00 bits per heavy atom. The van der Waals surface area contributed by atoms with Crippen LogP contribution in [0.5, 0.6) is 0 Å². The van der Waals surface area contributed by atoms with Crippen LogP contribution in [0.3, 0.4) is 0 Å². The van der Waals surface area contributed by atoms with Crippen LogP contribution in [0, 0.1) is 0 Å². The fourth-order valence-electron chi connectivity index (χ4n) is 1.66. The van der Waals surface area contributed by atoms with Gasteiger partial charge in [-0.1, -0.05) is 29.7 Å². The molecule has 0 amide bonds. The Bertz CT molecular complexity index is 542. The van der Waals surface area contributed by atoms with Crippen molar-refractivity contribution in [1.82, 2.24) is 10.1 Å². The number of rotatable bonds is 6. The van der Waals surface area contributed by atoms with Gasteiger partial charge in [0.05, 0.1) is 23.9 Å². The van der Waals surface area contributed by atoms with E-state index in [1.807, 2.05) is 0 Å². The number of nitrogens with one attached hydrogen (secondary N) is 1. The third-order valence-electron chi connectivity index (χ3n) is 2.63. The molecule has 2 rings (SSSR count). The first-order valence-electron chi connectivity index (χ1n) is 6.17. The molecule has 0 radical (unpaired) electrons. The van der Waals surface area contributed by atoms with Crippen LogP contribution in [0.4, 0.5) is 5.69 Å². The summed E-state index contributed by atoms with van der Waals surface area (Å²) in [7, 11) is 0. The second-order valence-corrected chi connectivity index (χ2v) is 4.59. The third-order valence-corrected chi connectivity index (χ3v) is 2.96. The minimum Gasteiger partial charge on any atom is -0.392 e. The number of hydrogen-bond donors (Lipinski definition) is 2. The van der Waals surface area contributed by atoms with E-state index in [0.29, 0.717) is 17.5 Å². The zero-order valence-corrected chi connectivity index (χ0v) is 11.4. The Balaban J connectivity index is 2.01. The summed E-state index contributed by atoms with van der Waals surface area (Å²) in [6.45, 7) is 2.45. The number of aliphatic hydroxyl groups excluding tert-OH is 1. The van der Waals surface area contributed by atoms with Crippen LogP contribution in [0.25, 0.3) is 0 Å². The summed E-state index contributed by atoms with van der Waals surface area (Å²) in [5.41, 5.74) is 1.53. The quantitative estimate of drug-likeness (QED) is 0.852. The van der Waals surface area contributed by atoms with Gasteiger partial charge in [-0.05, 0) is 24.1 Å². The number of benzene rings is 1. The molecule has 102 valence electrons. The Kier molecular flexibility index (Phi) is 4.76. The first-order valence-corrected chi connectivity index (χ1v) is 6.55. The molecule has 0 bridgehead atoms. The summed E-state index contributed by atoms with van der Waals surface area (Å²) in [4.78, 5) is 4.25. The third kappa shape index (κ3) is 3.68. The van der Waals surface area contributed by atoms with E-state index in [4.69, 9.17) is 21.2 Å². The molecule has 0 fully saturated rings. The number of anilines is 1. The second kappa shape index (κ2) is 6.54. The van der Waals surface area contributed by atoms with E-state index >= 15 is 0 Å². The van der Waals surface area contributed by atoms with E-state index in [1.54, 1.807) is 18.2 Å². The zero-order valence-electron chi connectivity index (χ0n) is 10.7. The molecule has 1 aromatic heterocycles. The molecule has 0 spiro atoms. The lowest BCUT2D eigenvalue weighted by Gasteiger charge is -2.07. The summed E-state index contributed by atoms with van der Waals surface area (Å²) in [5.74, 6) is 1.24. The van der Waals surface area contributed by atoms with Crippen LogP contribution >= 0.6 is 11.6 Å². The Hall–Kier alpha value is -1.59. The van der Waals surface area contributed by atoms with Crippen molar-refractivity contribution in [3.05, 3.63) is 40.5 Å². The molecule has 1 aromatic carbocycles. The van der Waals surface area contributed by atoms with Crippen LogP contribution in [-0.4, -0.2) is 15.2 Å². The number of aliphatic hydroxyl groups is 1. The van der Waals surface area contributed by atoms with Gasteiger partial charge in [0.25, 0.3) is 0 Å². The van der Waals surface area contributed by atoms with Crippen molar-refractivity contribution in [3.63, 3.8) is 0 Å². The van der Waals surface area contributed by atoms with Gasteiger partial charge in [0, 0.05) is 6.42 Å². The van der Waals surface area contributed by atoms with Crippen molar-refractivity contribution in [2.24, 2.45) is 0 Å². The van der Waals surface area contributed by atoms with Crippen molar-refractivity contribution >= 4 is 17.3 Å². The fraction of sp³-hybridized carbons (Fsp3) is 0.385. The van der Waals surface area contributed by atoms with Crippen molar-refractivity contribution in [2.75, 3.05) is 5.32 Å². The van der Waals surface area contributed by atoms with Crippen molar-refractivity contribution in [2.45, 2.75) is 32.9 Å². The Morgan fingerprint density at radius 2 is 2.26 bits per heavy atom. The van der Waals surface area contributed by atoms with Gasteiger partial charge in [0.1, 0.15) is 0 Å². The molecule has 0 aliphatic heterocycles. The highest BCUT2D eigenvalue weighted by Gasteiger charge is 2.07. The van der Waals surface area contributed by atoms with Gasteiger partial charge in [-0.2, -0.15) is 4.98 Å². The molecule has 19 heavy (non-hydrogen) atoms. The lowest BCUT2D eigenvalue weighted by molar-refractivity contribution is 0.282. The van der Waals surface area contributed by atoms with Crippen molar-refractivity contribution in [1.29, 1.82) is 0 Å². The van der Waals surface area contributed by atoms with Gasteiger partial charge < -0.3 is 14.9 Å². The molecule has 0 aliphatic rings.